The number of hydrogen-bond acceptors (Lipinski definition) is 4. The second kappa shape index (κ2) is 6.70. The van der Waals surface area contributed by atoms with Gasteiger partial charge < -0.3 is 14.5 Å². The first-order valence-corrected chi connectivity index (χ1v) is 8.97. The van der Waals surface area contributed by atoms with Crippen LogP contribution in [0.3, 0.4) is 0 Å². The average Bonchev–Trinajstić information content (AvgIpc) is 3.08. The van der Waals surface area contributed by atoms with E-state index in [9.17, 15) is 14.4 Å². The van der Waals surface area contributed by atoms with Crippen LogP contribution in [0.5, 0.6) is 0 Å². The number of hydrogen-bond donors (Lipinski definition) is 0. The molecule has 0 saturated carbocycles. The minimum atomic E-state index is -0.588. The number of ether oxygens (including phenoxy) is 1. The van der Waals surface area contributed by atoms with E-state index in [1.165, 1.54) is 12.0 Å². The maximum absolute atomic E-state index is 13.1. The van der Waals surface area contributed by atoms with Crippen molar-refractivity contribution in [1.82, 2.24) is 14.7 Å². The summed E-state index contributed by atoms with van der Waals surface area (Å²) in [5.41, 5.74) is -0.588. The summed E-state index contributed by atoms with van der Waals surface area (Å²) < 4.78 is 4.89. The Labute approximate surface area is 142 Å². The van der Waals surface area contributed by atoms with E-state index in [-0.39, 0.29) is 30.5 Å². The van der Waals surface area contributed by atoms with Crippen LogP contribution in [-0.4, -0.2) is 77.5 Å². The number of fused-ring (bicyclic) bond motifs is 1. The smallest absolute Gasteiger partial charge is 0.327 e. The van der Waals surface area contributed by atoms with Crippen LogP contribution in [0.4, 0.5) is 4.79 Å². The van der Waals surface area contributed by atoms with Crippen molar-refractivity contribution in [1.29, 1.82) is 0 Å². The van der Waals surface area contributed by atoms with E-state index >= 15 is 0 Å². The van der Waals surface area contributed by atoms with Crippen molar-refractivity contribution in [2.45, 2.75) is 57.0 Å². The van der Waals surface area contributed by atoms with Crippen LogP contribution < -0.4 is 0 Å². The fourth-order valence-electron chi connectivity index (χ4n) is 4.51. The Morgan fingerprint density at radius 1 is 1.25 bits per heavy atom. The molecule has 0 N–H and O–H groups in total. The topological polar surface area (TPSA) is 70.2 Å². The van der Waals surface area contributed by atoms with Gasteiger partial charge in [-0.05, 0) is 32.1 Å². The predicted octanol–water partition coefficient (Wildman–Crippen LogP) is 1.22. The third-order valence-corrected chi connectivity index (χ3v) is 5.66. The van der Waals surface area contributed by atoms with Gasteiger partial charge in [-0.2, -0.15) is 0 Å². The number of amides is 4. The Bertz CT molecular complexity index is 530. The van der Waals surface area contributed by atoms with Crippen molar-refractivity contribution in [3.05, 3.63) is 0 Å². The minimum absolute atomic E-state index is 0.00600. The molecule has 134 valence electrons. The molecule has 1 unspecified atom stereocenters. The highest BCUT2D eigenvalue weighted by molar-refractivity contribution is 6.07. The molecule has 4 amide bonds. The van der Waals surface area contributed by atoms with Crippen molar-refractivity contribution in [2.24, 2.45) is 0 Å². The van der Waals surface area contributed by atoms with Crippen LogP contribution >= 0.6 is 0 Å². The molecule has 0 aromatic heterocycles. The summed E-state index contributed by atoms with van der Waals surface area (Å²) in [5, 5.41) is 0. The zero-order valence-electron chi connectivity index (χ0n) is 14.6. The average molecular weight is 337 g/mol. The Hall–Kier alpha value is -1.63. The normalized spacial score (nSPS) is 28.0. The molecule has 0 bridgehead atoms. The molecule has 3 heterocycles. The monoisotopic (exact) mass is 337 g/mol. The van der Waals surface area contributed by atoms with Crippen LogP contribution in [0.1, 0.15) is 45.4 Å². The lowest BCUT2D eigenvalue weighted by Gasteiger charge is -2.35. The lowest BCUT2D eigenvalue weighted by molar-refractivity contribution is -0.138. The van der Waals surface area contributed by atoms with E-state index in [1.54, 1.807) is 9.80 Å². The van der Waals surface area contributed by atoms with E-state index < -0.39 is 5.54 Å². The molecule has 7 heteroatoms. The van der Waals surface area contributed by atoms with Gasteiger partial charge >= 0.3 is 6.03 Å². The summed E-state index contributed by atoms with van der Waals surface area (Å²) in [7, 11) is 1.51. The van der Waals surface area contributed by atoms with Crippen molar-refractivity contribution in [3.63, 3.8) is 0 Å². The molecule has 3 saturated heterocycles. The molecule has 1 atom stereocenters. The van der Waals surface area contributed by atoms with Crippen LogP contribution in [0.25, 0.3) is 0 Å². The molecule has 0 radical (unpaired) electrons. The number of urea groups is 1. The van der Waals surface area contributed by atoms with Gasteiger partial charge in [0.25, 0.3) is 5.91 Å². The van der Waals surface area contributed by atoms with Crippen molar-refractivity contribution in [3.8, 4) is 0 Å². The van der Waals surface area contributed by atoms with Crippen molar-refractivity contribution < 1.29 is 19.1 Å². The number of imide groups is 1. The van der Waals surface area contributed by atoms with Crippen molar-refractivity contribution in [2.75, 3.05) is 33.4 Å². The summed E-state index contributed by atoms with van der Waals surface area (Å²) in [6.45, 7) is 3.98. The molecule has 7 nitrogen and oxygen atoms in total. The van der Waals surface area contributed by atoms with Gasteiger partial charge in [-0.25, -0.2) is 4.79 Å². The van der Waals surface area contributed by atoms with Gasteiger partial charge in [0.05, 0.1) is 0 Å². The summed E-state index contributed by atoms with van der Waals surface area (Å²) in [6.07, 6.45) is 4.65. The van der Waals surface area contributed by atoms with Crippen LogP contribution in [0, 0.1) is 0 Å². The maximum atomic E-state index is 13.1. The SMILES string of the molecule is CCCC12CCCN1C(=O)N(C1CCN(C(=O)COC)CC1)C2=O. The number of nitrogens with zero attached hydrogens (tertiary/aromatic N) is 3. The van der Waals surface area contributed by atoms with E-state index in [4.69, 9.17) is 4.74 Å². The zero-order valence-corrected chi connectivity index (χ0v) is 14.6. The van der Waals surface area contributed by atoms with Crippen LogP contribution in [0.2, 0.25) is 0 Å². The minimum Gasteiger partial charge on any atom is -0.375 e. The molecular formula is C17H27N3O4. The van der Waals surface area contributed by atoms with Gasteiger partial charge in [0.2, 0.25) is 5.91 Å². The summed E-state index contributed by atoms with van der Waals surface area (Å²) in [4.78, 5) is 42.9. The first kappa shape index (κ1) is 17.2. The van der Waals surface area contributed by atoms with E-state index in [2.05, 4.69) is 6.92 Å². The Morgan fingerprint density at radius 3 is 2.58 bits per heavy atom. The van der Waals surface area contributed by atoms with Gasteiger partial charge in [0.15, 0.2) is 0 Å². The Morgan fingerprint density at radius 2 is 1.96 bits per heavy atom. The standard InChI is InChI=1S/C17H27N3O4/c1-3-7-17-8-4-9-19(17)16(23)20(15(17)22)13-5-10-18(11-6-13)14(21)12-24-2/h13H,3-12H2,1-2H3. The van der Waals surface area contributed by atoms with E-state index in [1.807, 2.05) is 0 Å². The Kier molecular flexibility index (Phi) is 4.80. The first-order valence-electron chi connectivity index (χ1n) is 8.97. The molecule has 3 fully saturated rings. The Balaban J connectivity index is 1.69. The second-order valence-electron chi connectivity index (χ2n) is 7.04. The van der Waals surface area contributed by atoms with Crippen molar-refractivity contribution >= 4 is 17.8 Å². The lowest BCUT2D eigenvalue weighted by Crippen LogP contribution is -2.51. The molecular weight excluding hydrogens is 310 g/mol. The summed E-state index contributed by atoms with van der Waals surface area (Å²) in [5.74, 6) is -0.0355. The maximum Gasteiger partial charge on any atom is 0.327 e. The van der Waals surface area contributed by atoms with E-state index in [0.29, 0.717) is 32.5 Å². The highest BCUT2D eigenvalue weighted by Crippen LogP contribution is 2.42. The van der Waals surface area contributed by atoms with Gasteiger partial charge in [0, 0.05) is 32.8 Å². The number of likely N-dealkylation sites (tertiary alicyclic amines) is 1. The van der Waals surface area contributed by atoms with Gasteiger partial charge in [0.1, 0.15) is 12.1 Å². The third kappa shape index (κ3) is 2.59. The third-order valence-electron chi connectivity index (χ3n) is 5.66. The fourth-order valence-corrected chi connectivity index (χ4v) is 4.51. The molecule has 3 rings (SSSR count). The predicted molar refractivity (Wildman–Crippen MR) is 87.3 cm³/mol. The molecule has 3 aliphatic rings. The largest absolute Gasteiger partial charge is 0.375 e. The lowest BCUT2D eigenvalue weighted by atomic mass is 9.90. The quantitative estimate of drug-likeness (QED) is 0.707. The highest BCUT2D eigenvalue weighted by atomic mass is 16.5. The number of carbonyl (C=O) groups excluding carboxylic acids is 3. The number of rotatable bonds is 5. The second-order valence-corrected chi connectivity index (χ2v) is 7.04. The molecule has 0 aliphatic carbocycles. The van der Waals surface area contributed by atoms with Crippen LogP contribution in [-0.2, 0) is 14.3 Å². The number of piperidine rings is 1. The number of methoxy groups -OCH3 is 1. The molecule has 0 aromatic carbocycles. The molecule has 0 spiro atoms. The molecule has 3 aliphatic heterocycles. The molecule has 24 heavy (non-hydrogen) atoms. The van der Waals surface area contributed by atoms with Crippen LogP contribution in [0.15, 0.2) is 0 Å². The van der Waals surface area contributed by atoms with Gasteiger partial charge in [-0.3, -0.25) is 14.5 Å². The zero-order chi connectivity index (χ0) is 17.3. The van der Waals surface area contributed by atoms with E-state index in [0.717, 1.165) is 25.7 Å². The summed E-state index contributed by atoms with van der Waals surface area (Å²) in [6, 6.07) is -0.205. The first-order chi connectivity index (χ1) is 11.5. The summed E-state index contributed by atoms with van der Waals surface area (Å²) >= 11 is 0. The number of carbonyl (C=O) groups is 3. The highest BCUT2D eigenvalue weighted by Gasteiger charge is 2.60. The van der Waals surface area contributed by atoms with Gasteiger partial charge in [-0.1, -0.05) is 13.3 Å². The molecule has 0 aromatic rings. The fraction of sp³-hybridized carbons (Fsp3) is 0.824. The van der Waals surface area contributed by atoms with Gasteiger partial charge in [-0.15, -0.1) is 0 Å².